The first-order chi connectivity index (χ1) is 9.72. The Labute approximate surface area is 118 Å². The number of aryl methyl sites for hydroxylation is 1. The maximum atomic E-state index is 11.7. The van der Waals surface area contributed by atoms with E-state index in [-0.39, 0.29) is 5.56 Å². The van der Waals surface area contributed by atoms with E-state index in [1.165, 1.54) is 17.7 Å². The molecule has 0 radical (unpaired) electrons. The molecule has 0 aliphatic rings. The summed E-state index contributed by atoms with van der Waals surface area (Å²) in [6, 6.07) is 5.39. The Balaban J connectivity index is 1.84. The maximum absolute atomic E-state index is 11.7. The number of hydrogen-bond donors (Lipinski definition) is 2. The molecule has 0 atom stereocenters. The van der Waals surface area contributed by atoms with E-state index in [1.807, 2.05) is 18.4 Å². The highest BCUT2D eigenvalue weighted by Gasteiger charge is 2.00. The van der Waals surface area contributed by atoms with Gasteiger partial charge in [-0.25, -0.2) is 9.97 Å². The lowest BCUT2D eigenvalue weighted by Gasteiger charge is -1.97. The smallest absolute Gasteiger partial charge is 0.258 e. The van der Waals surface area contributed by atoms with Gasteiger partial charge >= 0.3 is 0 Å². The van der Waals surface area contributed by atoms with Crippen LogP contribution >= 0.6 is 11.3 Å². The third kappa shape index (κ3) is 2.57. The summed E-state index contributed by atoms with van der Waals surface area (Å²) < 4.78 is 0. The average molecular weight is 285 g/mol. The Morgan fingerprint density at radius 3 is 3.15 bits per heavy atom. The minimum absolute atomic E-state index is 0.159. The summed E-state index contributed by atoms with van der Waals surface area (Å²) in [7, 11) is 0. The molecular weight excluding hydrogens is 274 g/mol. The Hall–Kier alpha value is -2.54. The van der Waals surface area contributed by atoms with Gasteiger partial charge in [0.1, 0.15) is 0 Å². The number of fused-ring (bicyclic) bond motifs is 1. The monoisotopic (exact) mass is 285 g/mol. The molecule has 6 nitrogen and oxygen atoms in total. The van der Waals surface area contributed by atoms with Crippen LogP contribution < -0.4 is 11.0 Å². The average Bonchev–Trinajstić information content (AvgIpc) is 2.85. The van der Waals surface area contributed by atoms with Crippen molar-refractivity contribution in [3.8, 4) is 0 Å². The van der Waals surface area contributed by atoms with Gasteiger partial charge in [-0.2, -0.15) is 5.10 Å². The van der Waals surface area contributed by atoms with Crippen molar-refractivity contribution in [1.29, 1.82) is 0 Å². The van der Waals surface area contributed by atoms with Crippen molar-refractivity contribution >= 4 is 33.6 Å². The van der Waals surface area contributed by atoms with Crippen molar-refractivity contribution in [1.82, 2.24) is 15.0 Å². The molecule has 2 N–H and O–H groups in total. The molecule has 3 aromatic rings. The number of aromatic amines is 1. The first-order valence-corrected chi connectivity index (χ1v) is 6.79. The van der Waals surface area contributed by atoms with Crippen molar-refractivity contribution in [2.45, 2.75) is 6.92 Å². The molecule has 100 valence electrons. The van der Waals surface area contributed by atoms with Crippen LogP contribution in [0.15, 0.2) is 39.8 Å². The fourth-order valence-electron chi connectivity index (χ4n) is 1.73. The topological polar surface area (TPSA) is 83.0 Å². The summed E-state index contributed by atoms with van der Waals surface area (Å²) in [4.78, 5) is 22.5. The molecule has 0 fully saturated rings. The van der Waals surface area contributed by atoms with Gasteiger partial charge in [0.05, 0.1) is 29.1 Å². The zero-order valence-electron chi connectivity index (χ0n) is 10.6. The van der Waals surface area contributed by atoms with Crippen LogP contribution in [0.1, 0.15) is 11.3 Å². The van der Waals surface area contributed by atoms with Gasteiger partial charge in [-0.05, 0) is 24.6 Å². The summed E-state index contributed by atoms with van der Waals surface area (Å²) >= 11 is 1.49. The molecule has 20 heavy (non-hydrogen) atoms. The summed E-state index contributed by atoms with van der Waals surface area (Å²) in [6.07, 6.45) is 3.04. The van der Waals surface area contributed by atoms with Gasteiger partial charge in [-0.1, -0.05) is 6.07 Å². The van der Waals surface area contributed by atoms with Crippen molar-refractivity contribution < 1.29 is 0 Å². The molecule has 7 heteroatoms. The molecule has 0 unspecified atom stereocenters. The molecule has 0 aliphatic heterocycles. The number of hydrazone groups is 1. The third-order valence-electron chi connectivity index (χ3n) is 2.66. The second-order valence-electron chi connectivity index (χ2n) is 4.17. The summed E-state index contributed by atoms with van der Waals surface area (Å²) in [5.74, 6) is 0. The van der Waals surface area contributed by atoms with Gasteiger partial charge in [-0.3, -0.25) is 10.2 Å². The SMILES string of the molecule is Cc1csc(NN=Cc2ccc3nc[nH]c(=O)c3c2)n1. The summed E-state index contributed by atoms with van der Waals surface area (Å²) in [5, 5.41) is 7.32. The quantitative estimate of drug-likeness (QED) is 0.570. The predicted molar refractivity (Wildman–Crippen MR) is 80.4 cm³/mol. The van der Waals surface area contributed by atoms with Crippen LogP contribution in [-0.4, -0.2) is 21.2 Å². The van der Waals surface area contributed by atoms with Gasteiger partial charge in [0, 0.05) is 5.38 Å². The highest BCUT2D eigenvalue weighted by atomic mass is 32.1. The van der Waals surface area contributed by atoms with Crippen LogP contribution in [-0.2, 0) is 0 Å². The zero-order chi connectivity index (χ0) is 13.9. The third-order valence-corrected chi connectivity index (χ3v) is 3.52. The molecule has 0 bridgehead atoms. The fraction of sp³-hybridized carbons (Fsp3) is 0.0769. The molecule has 2 aromatic heterocycles. The van der Waals surface area contributed by atoms with Crippen molar-refractivity contribution in [2.75, 3.05) is 5.43 Å². The standard InChI is InChI=1S/C13H11N5OS/c1-8-6-20-13(17-8)18-16-5-9-2-3-11-10(4-9)12(19)15-7-14-11/h2-7H,1H3,(H,17,18)(H,14,15,19). The lowest BCUT2D eigenvalue weighted by Crippen LogP contribution is -2.06. The van der Waals surface area contributed by atoms with Crippen LogP contribution in [0, 0.1) is 6.92 Å². The van der Waals surface area contributed by atoms with Gasteiger partial charge in [0.15, 0.2) is 0 Å². The Kier molecular flexibility index (Phi) is 3.26. The molecule has 0 spiro atoms. The number of benzene rings is 1. The number of hydrogen-bond acceptors (Lipinski definition) is 6. The second kappa shape index (κ2) is 5.22. The molecular formula is C13H11N5OS. The number of H-pyrrole nitrogens is 1. The zero-order valence-corrected chi connectivity index (χ0v) is 11.4. The van der Waals surface area contributed by atoms with E-state index < -0.39 is 0 Å². The molecule has 0 amide bonds. The lowest BCUT2D eigenvalue weighted by molar-refractivity contribution is 1.17. The first kappa shape index (κ1) is 12.5. The van der Waals surface area contributed by atoms with Gasteiger partial charge in [0.2, 0.25) is 5.13 Å². The Morgan fingerprint density at radius 1 is 1.45 bits per heavy atom. The number of nitrogens with one attached hydrogen (secondary N) is 2. The van der Waals surface area contributed by atoms with E-state index in [9.17, 15) is 4.79 Å². The largest absolute Gasteiger partial charge is 0.313 e. The highest BCUT2D eigenvalue weighted by molar-refractivity contribution is 7.13. The van der Waals surface area contributed by atoms with E-state index in [2.05, 4.69) is 25.5 Å². The van der Waals surface area contributed by atoms with Crippen LogP contribution in [0.25, 0.3) is 10.9 Å². The molecule has 1 aromatic carbocycles. The number of nitrogens with zero attached hydrogens (tertiary/aromatic N) is 3. The first-order valence-electron chi connectivity index (χ1n) is 5.91. The minimum atomic E-state index is -0.159. The van der Waals surface area contributed by atoms with E-state index in [0.717, 1.165) is 16.4 Å². The van der Waals surface area contributed by atoms with E-state index in [0.29, 0.717) is 10.9 Å². The minimum Gasteiger partial charge on any atom is -0.313 e. The number of anilines is 1. The second-order valence-corrected chi connectivity index (χ2v) is 5.03. The number of aromatic nitrogens is 3. The maximum Gasteiger partial charge on any atom is 0.258 e. The number of rotatable bonds is 3. The van der Waals surface area contributed by atoms with Crippen molar-refractivity contribution in [2.24, 2.45) is 5.10 Å². The van der Waals surface area contributed by atoms with Crippen LogP contribution in [0.3, 0.4) is 0 Å². The van der Waals surface area contributed by atoms with Crippen LogP contribution in [0.2, 0.25) is 0 Å². The summed E-state index contributed by atoms with van der Waals surface area (Å²) in [6.45, 7) is 1.92. The van der Waals surface area contributed by atoms with Crippen molar-refractivity contribution in [3.05, 3.63) is 51.5 Å². The fourth-order valence-corrected chi connectivity index (χ4v) is 2.37. The molecule has 0 aliphatic carbocycles. The van der Waals surface area contributed by atoms with E-state index >= 15 is 0 Å². The van der Waals surface area contributed by atoms with Crippen LogP contribution in [0.4, 0.5) is 5.13 Å². The molecule has 0 saturated carbocycles. The lowest BCUT2D eigenvalue weighted by atomic mass is 10.1. The van der Waals surface area contributed by atoms with E-state index in [1.54, 1.807) is 18.3 Å². The van der Waals surface area contributed by atoms with Crippen LogP contribution in [0.5, 0.6) is 0 Å². The Bertz CT molecular complexity index is 836. The predicted octanol–water partition coefficient (Wildman–Crippen LogP) is 2.13. The van der Waals surface area contributed by atoms with E-state index in [4.69, 9.17) is 0 Å². The highest BCUT2D eigenvalue weighted by Crippen LogP contribution is 2.14. The summed E-state index contributed by atoms with van der Waals surface area (Å²) in [5.41, 5.74) is 5.13. The van der Waals surface area contributed by atoms with Gasteiger partial charge in [-0.15, -0.1) is 11.3 Å². The van der Waals surface area contributed by atoms with Crippen molar-refractivity contribution in [3.63, 3.8) is 0 Å². The Morgan fingerprint density at radius 2 is 2.35 bits per heavy atom. The van der Waals surface area contributed by atoms with Gasteiger partial charge < -0.3 is 4.98 Å². The molecule has 2 heterocycles. The van der Waals surface area contributed by atoms with Gasteiger partial charge in [0.25, 0.3) is 5.56 Å². The molecule has 0 saturated heterocycles. The molecule has 3 rings (SSSR count). The normalized spacial score (nSPS) is 11.2. The number of thiazole rings is 1.